The number of anilines is 1. The molecule has 126 valence electrons. The van der Waals surface area contributed by atoms with Gasteiger partial charge >= 0.3 is 5.97 Å². The fraction of sp³-hybridized carbons (Fsp3) is 0.235. The van der Waals surface area contributed by atoms with E-state index in [1.807, 2.05) is 12.1 Å². The number of para-hydroxylation sites is 1. The fourth-order valence-corrected chi connectivity index (χ4v) is 5.00. The Labute approximate surface area is 140 Å². The van der Waals surface area contributed by atoms with Gasteiger partial charge in [0.05, 0.1) is 5.69 Å². The molecule has 1 unspecified atom stereocenters. The van der Waals surface area contributed by atoms with Gasteiger partial charge in [0, 0.05) is 6.04 Å². The molecule has 2 aromatic carbocycles. The Kier molecular flexibility index (Phi) is 3.76. The summed E-state index contributed by atoms with van der Waals surface area (Å²) in [6.45, 7) is 3.37. The molecule has 1 heterocycles. The van der Waals surface area contributed by atoms with E-state index >= 15 is 0 Å². The zero-order valence-corrected chi connectivity index (χ0v) is 14.0. The number of aromatic carboxylic acids is 1. The molecule has 7 heteroatoms. The molecular weight excluding hydrogens is 330 g/mol. The number of fused-ring (bicyclic) bond motifs is 1. The molecule has 0 aliphatic carbocycles. The van der Waals surface area contributed by atoms with Gasteiger partial charge in [-0.3, -0.25) is 4.31 Å². The number of benzene rings is 2. The first kappa shape index (κ1) is 16.3. The number of hydrogen-bond acceptors (Lipinski definition) is 4. The van der Waals surface area contributed by atoms with Crippen molar-refractivity contribution >= 4 is 21.7 Å². The quantitative estimate of drug-likeness (QED) is 0.890. The van der Waals surface area contributed by atoms with Crippen LogP contribution in [0.25, 0.3) is 0 Å². The standard InChI is InChI=1S/C17H17NO5S/c1-10-7-13(17(20)21)16(19)15(8-10)24(22,23)18-11(2)9-12-5-3-4-6-14(12)18/h3-8,11,19H,9H2,1-2H3,(H,20,21). The zero-order valence-electron chi connectivity index (χ0n) is 13.2. The van der Waals surface area contributed by atoms with Gasteiger partial charge in [0.2, 0.25) is 0 Å². The molecule has 0 bridgehead atoms. The highest BCUT2D eigenvalue weighted by molar-refractivity contribution is 7.93. The second-order valence-corrected chi connectivity index (χ2v) is 7.73. The van der Waals surface area contributed by atoms with E-state index < -0.39 is 27.3 Å². The Balaban J connectivity index is 2.21. The number of hydrogen-bond donors (Lipinski definition) is 2. The van der Waals surface area contributed by atoms with Crippen LogP contribution in [0.1, 0.15) is 28.4 Å². The maximum Gasteiger partial charge on any atom is 0.339 e. The summed E-state index contributed by atoms with van der Waals surface area (Å²) in [7, 11) is -4.09. The van der Waals surface area contributed by atoms with Gasteiger partial charge in [0.25, 0.3) is 10.0 Å². The van der Waals surface area contributed by atoms with Crippen LogP contribution in [0.3, 0.4) is 0 Å². The third kappa shape index (κ3) is 2.41. The van der Waals surface area contributed by atoms with Crippen molar-refractivity contribution in [2.24, 2.45) is 0 Å². The topological polar surface area (TPSA) is 94.9 Å². The van der Waals surface area contributed by atoms with Crippen LogP contribution in [0, 0.1) is 6.92 Å². The van der Waals surface area contributed by atoms with Crippen molar-refractivity contribution in [3.63, 3.8) is 0 Å². The summed E-state index contributed by atoms with van der Waals surface area (Å²) in [5.74, 6) is -2.10. The van der Waals surface area contributed by atoms with Crippen LogP contribution in [-0.4, -0.2) is 30.6 Å². The molecule has 0 fully saturated rings. The number of carboxylic acid groups (broad SMARTS) is 1. The number of aromatic hydroxyl groups is 1. The Morgan fingerprint density at radius 2 is 1.92 bits per heavy atom. The largest absolute Gasteiger partial charge is 0.506 e. The van der Waals surface area contributed by atoms with Gasteiger partial charge < -0.3 is 10.2 Å². The van der Waals surface area contributed by atoms with Crippen LogP contribution < -0.4 is 4.31 Å². The summed E-state index contributed by atoms with van der Waals surface area (Å²) in [5, 5.41) is 19.4. The summed E-state index contributed by atoms with van der Waals surface area (Å²) < 4.78 is 27.5. The predicted molar refractivity (Wildman–Crippen MR) is 89.1 cm³/mol. The van der Waals surface area contributed by atoms with E-state index in [0.717, 1.165) is 5.56 Å². The highest BCUT2D eigenvalue weighted by atomic mass is 32.2. The summed E-state index contributed by atoms with van der Waals surface area (Å²) >= 11 is 0. The minimum absolute atomic E-state index is 0.319. The monoisotopic (exact) mass is 347 g/mol. The maximum absolute atomic E-state index is 13.1. The summed E-state index contributed by atoms with van der Waals surface area (Å²) in [4.78, 5) is 10.9. The maximum atomic E-state index is 13.1. The lowest BCUT2D eigenvalue weighted by atomic mass is 10.1. The van der Waals surface area contributed by atoms with Crippen LogP contribution >= 0.6 is 0 Å². The molecule has 0 saturated heterocycles. The number of nitrogens with zero attached hydrogens (tertiary/aromatic N) is 1. The van der Waals surface area contributed by atoms with Gasteiger partial charge in [-0.05, 0) is 49.6 Å². The number of phenols is 1. The second kappa shape index (κ2) is 5.52. The lowest BCUT2D eigenvalue weighted by Gasteiger charge is -2.25. The molecule has 0 saturated carbocycles. The van der Waals surface area contributed by atoms with Gasteiger partial charge in [-0.15, -0.1) is 0 Å². The van der Waals surface area contributed by atoms with Gasteiger partial charge in [-0.1, -0.05) is 18.2 Å². The van der Waals surface area contributed by atoms with Crippen LogP contribution in [-0.2, 0) is 16.4 Å². The van der Waals surface area contributed by atoms with Gasteiger partial charge in [0.1, 0.15) is 10.5 Å². The van der Waals surface area contributed by atoms with E-state index in [2.05, 4.69) is 0 Å². The Morgan fingerprint density at radius 1 is 1.25 bits per heavy atom. The van der Waals surface area contributed by atoms with E-state index in [1.54, 1.807) is 26.0 Å². The molecule has 0 spiro atoms. The van der Waals surface area contributed by atoms with E-state index in [4.69, 9.17) is 0 Å². The summed E-state index contributed by atoms with van der Waals surface area (Å²) in [5.41, 5.74) is 1.49. The lowest BCUT2D eigenvalue weighted by molar-refractivity contribution is 0.0693. The van der Waals surface area contributed by atoms with Crippen molar-refractivity contribution in [1.29, 1.82) is 0 Å². The predicted octanol–water partition coefficient (Wildman–Crippen LogP) is 2.54. The van der Waals surface area contributed by atoms with Crippen LogP contribution in [0.2, 0.25) is 0 Å². The molecular formula is C17H17NO5S. The number of carbonyl (C=O) groups is 1. The van der Waals surface area contributed by atoms with Crippen LogP contribution in [0.15, 0.2) is 41.3 Å². The van der Waals surface area contributed by atoms with E-state index in [9.17, 15) is 23.4 Å². The molecule has 1 aliphatic heterocycles. The smallest absolute Gasteiger partial charge is 0.339 e. The second-order valence-electron chi connectivity index (χ2n) is 5.95. The van der Waals surface area contributed by atoms with Crippen LogP contribution in [0.4, 0.5) is 5.69 Å². The molecule has 2 aromatic rings. The van der Waals surface area contributed by atoms with Crippen molar-refractivity contribution in [2.75, 3.05) is 4.31 Å². The SMILES string of the molecule is Cc1cc(C(=O)O)c(O)c(S(=O)(=O)N2c3ccccc3CC2C)c1. The van der Waals surface area contributed by atoms with Gasteiger partial charge in [-0.2, -0.15) is 0 Å². The minimum atomic E-state index is -4.09. The molecule has 3 rings (SSSR count). The van der Waals surface area contributed by atoms with Gasteiger partial charge in [-0.25, -0.2) is 13.2 Å². The van der Waals surface area contributed by atoms with Crippen molar-refractivity contribution < 1.29 is 23.4 Å². The number of sulfonamides is 1. The third-order valence-corrected chi connectivity index (χ3v) is 6.07. The highest BCUT2D eigenvalue weighted by Gasteiger charge is 2.38. The zero-order chi connectivity index (χ0) is 17.6. The Morgan fingerprint density at radius 3 is 2.58 bits per heavy atom. The van der Waals surface area contributed by atoms with E-state index in [0.29, 0.717) is 17.7 Å². The first-order chi connectivity index (χ1) is 11.2. The Bertz CT molecular complexity index is 936. The molecule has 1 aliphatic rings. The fourth-order valence-electron chi connectivity index (χ4n) is 3.11. The number of rotatable bonds is 3. The van der Waals surface area contributed by atoms with E-state index in [-0.39, 0.29) is 10.9 Å². The molecule has 2 N–H and O–H groups in total. The van der Waals surface area contributed by atoms with Crippen LogP contribution in [0.5, 0.6) is 5.75 Å². The average molecular weight is 347 g/mol. The van der Waals surface area contributed by atoms with Crippen molar-refractivity contribution in [1.82, 2.24) is 0 Å². The van der Waals surface area contributed by atoms with Crippen molar-refractivity contribution in [3.05, 3.63) is 53.1 Å². The molecule has 0 amide bonds. The first-order valence-corrected chi connectivity index (χ1v) is 8.86. The number of carboxylic acids is 1. The first-order valence-electron chi connectivity index (χ1n) is 7.42. The molecule has 1 atom stereocenters. The molecule has 0 radical (unpaired) electrons. The Hall–Kier alpha value is -2.54. The summed E-state index contributed by atoms with van der Waals surface area (Å²) in [6.07, 6.45) is 0.563. The van der Waals surface area contributed by atoms with E-state index in [1.165, 1.54) is 16.4 Å². The average Bonchev–Trinajstić information content (AvgIpc) is 2.85. The molecule has 6 nitrogen and oxygen atoms in total. The van der Waals surface area contributed by atoms with Crippen molar-refractivity contribution in [3.8, 4) is 5.75 Å². The summed E-state index contributed by atoms with van der Waals surface area (Å²) in [6, 6.07) is 9.39. The molecule has 24 heavy (non-hydrogen) atoms. The highest BCUT2D eigenvalue weighted by Crippen LogP contribution is 2.39. The normalized spacial score (nSPS) is 16.9. The number of aryl methyl sites for hydroxylation is 1. The van der Waals surface area contributed by atoms with Gasteiger partial charge in [0.15, 0.2) is 5.75 Å². The lowest BCUT2D eigenvalue weighted by Crippen LogP contribution is -2.36. The third-order valence-electron chi connectivity index (χ3n) is 4.13. The van der Waals surface area contributed by atoms with Crippen molar-refractivity contribution in [2.45, 2.75) is 31.2 Å². The minimum Gasteiger partial charge on any atom is -0.506 e. The molecule has 0 aromatic heterocycles.